The van der Waals surface area contributed by atoms with Gasteiger partial charge in [-0.25, -0.2) is 18.4 Å². The Balaban J connectivity index is 1.34. The van der Waals surface area contributed by atoms with Gasteiger partial charge in [-0.1, -0.05) is 6.07 Å². The van der Waals surface area contributed by atoms with Crippen molar-refractivity contribution >= 4 is 29.0 Å². The molecule has 1 aliphatic carbocycles. The molecule has 3 atom stereocenters. The van der Waals surface area contributed by atoms with E-state index >= 15 is 8.78 Å². The number of halogens is 2. The van der Waals surface area contributed by atoms with Gasteiger partial charge in [-0.15, -0.1) is 0 Å². The van der Waals surface area contributed by atoms with E-state index in [1.807, 2.05) is 6.07 Å². The van der Waals surface area contributed by atoms with Crippen LogP contribution in [-0.4, -0.2) is 78.6 Å². The summed E-state index contributed by atoms with van der Waals surface area (Å²) in [7, 11) is 3.76. The van der Waals surface area contributed by atoms with E-state index in [2.05, 4.69) is 22.2 Å². The number of anilines is 2. The predicted octanol–water partition coefficient (Wildman–Crippen LogP) is 5.46. The normalized spacial score (nSPS) is 18.7. The molecule has 0 amide bonds. The number of nitrogens with zero attached hydrogens (tertiary/aromatic N) is 4. The molecule has 1 aromatic carbocycles. The number of carbonyl (C=O) groups is 2. The molecular weight excluding hydrogens is 636 g/mol. The smallest absolute Gasteiger partial charge is 0.431 e. The van der Waals surface area contributed by atoms with Gasteiger partial charge in [-0.3, -0.25) is 14.2 Å². The Labute approximate surface area is 281 Å². The lowest BCUT2D eigenvalue weighted by Crippen LogP contribution is -2.35. The minimum atomic E-state index is -1.30. The van der Waals surface area contributed by atoms with Crippen LogP contribution >= 0.6 is 0 Å². The SMILES string of the molecule is CNc1cc(F)c(F)c2c1Cc1ncc(-c3ccc4ccc(C(=O)OC(C)OC(=O)OC(C)C)c(=O)n4c3)c(N3CC[C@H]4CN(C)C[C@H]43)c1-2. The largest absolute Gasteiger partial charge is 0.511 e. The van der Waals surface area contributed by atoms with Gasteiger partial charge < -0.3 is 29.3 Å². The van der Waals surface area contributed by atoms with Crippen LogP contribution in [0.3, 0.4) is 0 Å². The number of rotatable bonds is 7. The first-order valence-corrected chi connectivity index (χ1v) is 16.3. The standard InChI is InChI=1S/C36H37F2N5O6/c1-18(2)47-36(46)49-19(3)48-35(45)23-9-8-22-7-6-20(16-43(22)34(23)44)25-14-40-28-12-24-27(39-4)13-26(37)32(38)30(24)31(28)33(25)42-11-10-21-15-41(5)17-29(21)42/h6-9,13-14,16,18-19,21,29,39H,10-12,15,17H2,1-5H3/t19?,21-,29+/m0/s1. The van der Waals surface area contributed by atoms with Gasteiger partial charge >= 0.3 is 12.1 Å². The van der Waals surface area contributed by atoms with Crippen molar-refractivity contribution in [3.8, 4) is 22.3 Å². The number of likely N-dealkylation sites (N-methyl/N-ethyl adjacent to an activating group) is 1. The highest BCUT2D eigenvalue weighted by Crippen LogP contribution is 2.52. The summed E-state index contributed by atoms with van der Waals surface area (Å²) in [5.74, 6) is -2.42. The molecule has 2 aliphatic heterocycles. The van der Waals surface area contributed by atoms with Crippen molar-refractivity contribution < 1.29 is 32.6 Å². The maximum Gasteiger partial charge on any atom is 0.511 e. The number of hydrogen-bond acceptors (Lipinski definition) is 10. The van der Waals surface area contributed by atoms with E-state index in [9.17, 15) is 14.4 Å². The van der Waals surface area contributed by atoms with Crippen LogP contribution in [0, 0.1) is 17.6 Å². The molecule has 0 radical (unpaired) electrons. The summed E-state index contributed by atoms with van der Waals surface area (Å²) >= 11 is 0. The zero-order valence-corrected chi connectivity index (χ0v) is 27.9. The zero-order valence-electron chi connectivity index (χ0n) is 27.9. The van der Waals surface area contributed by atoms with E-state index < -0.39 is 41.7 Å². The van der Waals surface area contributed by atoms with Crippen molar-refractivity contribution in [1.29, 1.82) is 0 Å². The van der Waals surface area contributed by atoms with Crippen LogP contribution in [0.15, 0.2) is 47.5 Å². The molecule has 3 aromatic heterocycles. The molecule has 4 aromatic rings. The maximum atomic E-state index is 15.8. The van der Waals surface area contributed by atoms with Gasteiger partial charge in [0.05, 0.1) is 17.5 Å². The van der Waals surface area contributed by atoms with E-state index in [1.165, 1.54) is 23.5 Å². The van der Waals surface area contributed by atoms with Gasteiger partial charge in [0.25, 0.3) is 5.56 Å². The molecule has 0 bridgehead atoms. The number of aromatic nitrogens is 2. The van der Waals surface area contributed by atoms with E-state index in [0.29, 0.717) is 51.5 Å². The van der Waals surface area contributed by atoms with Crippen LogP contribution in [0.4, 0.5) is 25.0 Å². The molecule has 2 fully saturated rings. The first kappa shape index (κ1) is 32.5. The molecular formula is C36H37F2N5O6. The van der Waals surface area contributed by atoms with Gasteiger partial charge in [0.2, 0.25) is 6.29 Å². The number of fused-ring (bicyclic) bond motifs is 5. The van der Waals surface area contributed by atoms with Crippen molar-refractivity contribution in [3.05, 3.63) is 81.5 Å². The van der Waals surface area contributed by atoms with Crippen molar-refractivity contribution in [2.24, 2.45) is 5.92 Å². The van der Waals surface area contributed by atoms with Crippen molar-refractivity contribution in [2.45, 2.75) is 52.0 Å². The molecule has 256 valence electrons. The minimum Gasteiger partial charge on any atom is -0.431 e. The molecule has 11 nitrogen and oxygen atoms in total. The Kier molecular flexibility index (Phi) is 8.26. The fourth-order valence-corrected chi connectivity index (χ4v) is 7.50. The Morgan fingerprint density at radius 3 is 2.57 bits per heavy atom. The van der Waals surface area contributed by atoms with Gasteiger partial charge in [0.15, 0.2) is 11.6 Å². The van der Waals surface area contributed by atoms with Crippen molar-refractivity contribution in [2.75, 3.05) is 43.9 Å². The van der Waals surface area contributed by atoms with E-state index in [-0.39, 0.29) is 17.2 Å². The first-order chi connectivity index (χ1) is 23.4. The summed E-state index contributed by atoms with van der Waals surface area (Å²) in [6.45, 7) is 7.13. The fourth-order valence-electron chi connectivity index (χ4n) is 7.50. The van der Waals surface area contributed by atoms with Gasteiger partial charge in [0.1, 0.15) is 5.56 Å². The van der Waals surface area contributed by atoms with E-state index in [1.54, 1.807) is 45.4 Å². The van der Waals surface area contributed by atoms with Crippen LogP contribution in [0.1, 0.15) is 48.8 Å². The Hall–Kier alpha value is -5.04. The summed E-state index contributed by atoms with van der Waals surface area (Å²) in [6.07, 6.45) is 1.91. The second kappa shape index (κ2) is 12.4. The summed E-state index contributed by atoms with van der Waals surface area (Å²) in [5.41, 5.74) is 4.19. The molecule has 0 spiro atoms. The second-order valence-corrected chi connectivity index (χ2v) is 13.1. The molecule has 7 rings (SSSR count). The highest BCUT2D eigenvalue weighted by Gasteiger charge is 2.43. The maximum absolute atomic E-state index is 15.8. The fraction of sp³-hybridized carbons (Fsp3) is 0.389. The number of pyridine rings is 3. The lowest BCUT2D eigenvalue weighted by atomic mass is 9.96. The number of benzene rings is 1. The molecule has 13 heteroatoms. The molecule has 1 N–H and O–H groups in total. The summed E-state index contributed by atoms with van der Waals surface area (Å²) < 4.78 is 47.4. The highest BCUT2D eigenvalue weighted by atomic mass is 19.2. The molecule has 5 heterocycles. The monoisotopic (exact) mass is 673 g/mol. The van der Waals surface area contributed by atoms with Crippen LogP contribution < -0.4 is 15.8 Å². The summed E-state index contributed by atoms with van der Waals surface area (Å²) in [4.78, 5) is 48.0. The highest BCUT2D eigenvalue weighted by molar-refractivity contribution is 5.97. The average molecular weight is 674 g/mol. The zero-order chi connectivity index (χ0) is 34.7. The van der Waals surface area contributed by atoms with E-state index in [4.69, 9.17) is 19.2 Å². The molecule has 3 aliphatic rings. The average Bonchev–Trinajstić information content (AvgIpc) is 3.74. The Morgan fingerprint density at radius 2 is 1.82 bits per heavy atom. The molecule has 1 unspecified atom stereocenters. The number of carbonyl (C=O) groups excluding carboxylic acids is 2. The lowest BCUT2D eigenvalue weighted by molar-refractivity contribution is -0.0867. The van der Waals surface area contributed by atoms with Crippen LogP contribution in [0.25, 0.3) is 27.8 Å². The third-order valence-corrected chi connectivity index (χ3v) is 9.59. The van der Waals surface area contributed by atoms with Crippen molar-refractivity contribution in [1.82, 2.24) is 14.3 Å². The van der Waals surface area contributed by atoms with Crippen LogP contribution in [0.5, 0.6) is 0 Å². The molecule has 0 saturated carbocycles. The van der Waals surface area contributed by atoms with Crippen LogP contribution in [-0.2, 0) is 20.6 Å². The number of esters is 1. The first-order valence-electron chi connectivity index (χ1n) is 16.3. The number of hydrogen-bond donors (Lipinski definition) is 1. The Morgan fingerprint density at radius 1 is 1.04 bits per heavy atom. The second-order valence-electron chi connectivity index (χ2n) is 13.1. The number of ether oxygens (including phenoxy) is 3. The molecule has 2 saturated heterocycles. The third-order valence-electron chi connectivity index (χ3n) is 9.59. The third kappa shape index (κ3) is 5.65. The van der Waals surface area contributed by atoms with Gasteiger partial charge in [0, 0.05) is 98.0 Å². The topological polar surface area (TPSA) is 115 Å². The predicted molar refractivity (Wildman–Crippen MR) is 179 cm³/mol. The quantitative estimate of drug-likeness (QED) is 0.177. The minimum absolute atomic E-state index is 0.159. The number of nitrogens with one attached hydrogen (secondary N) is 1. The van der Waals surface area contributed by atoms with Gasteiger partial charge in [-0.05, 0) is 57.0 Å². The Bertz CT molecular complexity index is 2070. The molecule has 49 heavy (non-hydrogen) atoms. The summed E-state index contributed by atoms with van der Waals surface area (Å²) in [6, 6.07) is 7.90. The van der Waals surface area contributed by atoms with Gasteiger partial charge in [-0.2, -0.15) is 0 Å². The van der Waals surface area contributed by atoms with E-state index in [0.717, 1.165) is 31.7 Å². The lowest BCUT2D eigenvalue weighted by Gasteiger charge is -2.31. The summed E-state index contributed by atoms with van der Waals surface area (Å²) in [5, 5.41) is 3.02. The number of likely N-dealkylation sites (tertiary alicyclic amines) is 1. The van der Waals surface area contributed by atoms with Crippen molar-refractivity contribution in [3.63, 3.8) is 0 Å². The van der Waals surface area contributed by atoms with Crippen LogP contribution in [0.2, 0.25) is 0 Å².